The van der Waals surface area contributed by atoms with Gasteiger partial charge in [0, 0.05) is 6.61 Å². The highest BCUT2D eigenvalue weighted by atomic mass is 16.6. The van der Waals surface area contributed by atoms with E-state index in [4.69, 9.17) is 14.2 Å². The molecule has 1 unspecified atom stereocenters. The van der Waals surface area contributed by atoms with Crippen molar-refractivity contribution in [2.24, 2.45) is 0 Å². The van der Waals surface area contributed by atoms with Gasteiger partial charge in [-0.3, -0.25) is 9.59 Å². The molecule has 0 spiro atoms. The Labute approximate surface area is 146 Å². The fourth-order valence-electron chi connectivity index (χ4n) is 2.73. The van der Waals surface area contributed by atoms with E-state index in [0.29, 0.717) is 13.2 Å². The van der Waals surface area contributed by atoms with Gasteiger partial charge in [-0.15, -0.1) is 0 Å². The van der Waals surface area contributed by atoms with E-state index in [1.165, 1.54) is 38.5 Å². The fraction of sp³-hybridized carbons (Fsp3) is 0.895. The van der Waals surface area contributed by atoms with Gasteiger partial charge in [0.15, 0.2) is 0 Å². The molecule has 0 aromatic heterocycles. The Hall–Kier alpha value is -1.10. The van der Waals surface area contributed by atoms with E-state index in [2.05, 4.69) is 6.92 Å². The van der Waals surface area contributed by atoms with Crippen molar-refractivity contribution < 1.29 is 23.8 Å². The van der Waals surface area contributed by atoms with Crippen LogP contribution >= 0.6 is 0 Å². The Kier molecular flexibility index (Phi) is 12.4. The van der Waals surface area contributed by atoms with E-state index in [9.17, 15) is 9.59 Å². The summed E-state index contributed by atoms with van der Waals surface area (Å²) in [5.41, 5.74) is 0. The summed E-state index contributed by atoms with van der Waals surface area (Å²) in [6.45, 7) is 3.72. The molecule has 1 fully saturated rings. The largest absolute Gasteiger partial charge is 0.466 e. The number of hydrogen-bond acceptors (Lipinski definition) is 5. The summed E-state index contributed by atoms with van der Waals surface area (Å²) in [4.78, 5) is 23.1. The molecule has 1 rings (SSSR count). The van der Waals surface area contributed by atoms with E-state index in [-0.39, 0.29) is 30.9 Å². The Balaban J connectivity index is 1.86. The Bertz CT molecular complexity index is 337. The summed E-state index contributed by atoms with van der Waals surface area (Å²) in [6.07, 6.45) is 11.9. The molecule has 0 aromatic rings. The van der Waals surface area contributed by atoms with Crippen LogP contribution in [0.5, 0.6) is 0 Å². The number of rotatable bonds is 14. The number of carbonyl (C=O) groups excluding carboxylic acids is 2. The third-order valence-corrected chi connectivity index (χ3v) is 4.25. The first-order valence-corrected chi connectivity index (χ1v) is 9.65. The summed E-state index contributed by atoms with van der Waals surface area (Å²) >= 11 is 0. The lowest BCUT2D eigenvalue weighted by Gasteiger charge is -2.10. The Morgan fingerprint density at radius 3 is 2.17 bits per heavy atom. The molecule has 0 N–H and O–H groups in total. The first-order chi connectivity index (χ1) is 11.7. The summed E-state index contributed by atoms with van der Waals surface area (Å²) in [5, 5.41) is 0. The van der Waals surface area contributed by atoms with E-state index < -0.39 is 0 Å². The molecule has 0 aliphatic carbocycles. The van der Waals surface area contributed by atoms with Crippen molar-refractivity contribution in [3.63, 3.8) is 0 Å². The molecule has 1 aliphatic heterocycles. The topological polar surface area (TPSA) is 61.8 Å². The van der Waals surface area contributed by atoms with Crippen LogP contribution < -0.4 is 0 Å². The van der Waals surface area contributed by atoms with E-state index in [0.717, 1.165) is 32.3 Å². The van der Waals surface area contributed by atoms with Gasteiger partial charge in [-0.2, -0.15) is 0 Å². The van der Waals surface area contributed by atoms with Gasteiger partial charge in [0.05, 0.1) is 25.6 Å². The first kappa shape index (κ1) is 20.9. The minimum absolute atomic E-state index is 0.0304. The number of unbranched alkanes of at least 4 members (excludes halogenated alkanes) is 7. The standard InChI is InChI=1S/C19H34O5/c1-2-3-4-5-6-7-8-9-14-23-18(20)12-13-19(21)24-16-17-11-10-15-22-17/h17H,2-16H2,1H3. The molecule has 0 radical (unpaired) electrons. The predicted molar refractivity (Wildman–Crippen MR) is 92.7 cm³/mol. The molecule has 5 heteroatoms. The molecule has 0 saturated carbocycles. The molecule has 1 atom stereocenters. The molecule has 0 amide bonds. The van der Waals surface area contributed by atoms with Gasteiger partial charge < -0.3 is 14.2 Å². The second-order valence-electron chi connectivity index (χ2n) is 6.51. The van der Waals surface area contributed by atoms with Gasteiger partial charge in [0.25, 0.3) is 0 Å². The molecule has 1 aliphatic rings. The monoisotopic (exact) mass is 342 g/mol. The zero-order valence-electron chi connectivity index (χ0n) is 15.2. The van der Waals surface area contributed by atoms with Gasteiger partial charge >= 0.3 is 11.9 Å². The summed E-state index contributed by atoms with van der Waals surface area (Å²) < 4.78 is 15.6. The number of hydrogen-bond donors (Lipinski definition) is 0. The zero-order chi connectivity index (χ0) is 17.5. The molecule has 0 bridgehead atoms. The molecule has 0 aromatic carbocycles. The molecule has 1 saturated heterocycles. The predicted octanol–water partition coefficient (Wildman–Crippen LogP) is 4.17. The highest BCUT2D eigenvalue weighted by molar-refractivity contribution is 5.77. The van der Waals surface area contributed by atoms with Gasteiger partial charge in [-0.05, 0) is 19.3 Å². The number of esters is 2. The quantitative estimate of drug-likeness (QED) is 0.350. The van der Waals surface area contributed by atoms with Crippen molar-refractivity contribution in [2.75, 3.05) is 19.8 Å². The summed E-state index contributed by atoms with van der Waals surface area (Å²) in [5.74, 6) is -0.665. The highest BCUT2D eigenvalue weighted by Crippen LogP contribution is 2.12. The molecule has 1 heterocycles. The second-order valence-corrected chi connectivity index (χ2v) is 6.51. The van der Waals surface area contributed by atoms with Crippen LogP contribution in [0.3, 0.4) is 0 Å². The van der Waals surface area contributed by atoms with Crippen LogP contribution in [0.2, 0.25) is 0 Å². The molecular formula is C19H34O5. The minimum atomic E-state index is -0.352. The number of ether oxygens (including phenoxy) is 3. The van der Waals surface area contributed by atoms with E-state index in [1.807, 2.05) is 0 Å². The van der Waals surface area contributed by atoms with Crippen LogP contribution in [0.15, 0.2) is 0 Å². The Morgan fingerprint density at radius 2 is 1.54 bits per heavy atom. The molecular weight excluding hydrogens is 308 g/mol. The minimum Gasteiger partial charge on any atom is -0.466 e. The van der Waals surface area contributed by atoms with Crippen molar-refractivity contribution in [3.8, 4) is 0 Å². The Morgan fingerprint density at radius 1 is 0.917 bits per heavy atom. The van der Waals surface area contributed by atoms with Crippen molar-refractivity contribution in [2.45, 2.75) is 90.1 Å². The van der Waals surface area contributed by atoms with Crippen LogP contribution in [0, 0.1) is 0 Å². The molecule has 140 valence electrons. The van der Waals surface area contributed by atoms with Crippen LogP contribution in [0.25, 0.3) is 0 Å². The summed E-state index contributed by atoms with van der Waals surface area (Å²) in [7, 11) is 0. The van der Waals surface area contributed by atoms with Gasteiger partial charge in [-0.25, -0.2) is 0 Å². The van der Waals surface area contributed by atoms with Crippen LogP contribution in [0.4, 0.5) is 0 Å². The third-order valence-electron chi connectivity index (χ3n) is 4.25. The normalized spacial score (nSPS) is 17.0. The van der Waals surface area contributed by atoms with E-state index in [1.54, 1.807) is 0 Å². The van der Waals surface area contributed by atoms with Gasteiger partial charge in [0.2, 0.25) is 0 Å². The van der Waals surface area contributed by atoms with Crippen LogP contribution in [-0.2, 0) is 23.8 Å². The maximum Gasteiger partial charge on any atom is 0.306 e. The van der Waals surface area contributed by atoms with Crippen molar-refractivity contribution >= 4 is 11.9 Å². The zero-order valence-corrected chi connectivity index (χ0v) is 15.2. The van der Waals surface area contributed by atoms with Crippen LogP contribution in [-0.4, -0.2) is 37.9 Å². The second kappa shape index (κ2) is 14.3. The maximum absolute atomic E-state index is 11.6. The number of carbonyl (C=O) groups is 2. The maximum atomic E-state index is 11.6. The molecule has 5 nitrogen and oxygen atoms in total. The first-order valence-electron chi connectivity index (χ1n) is 9.65. The van der Waals surface area contributed by atoms with E-state index >= 15 is 0 Å². The molecule has 24 heavy (non-hydrogen) atoms. The lowest BCUT2D eigenvalue weighted by atomic mass is 10.1. The lowest BCUT2D eigenvalue weighted by molar-refractivity contribution is -0.152. The summed E-state index contributed by atoms with van der Waals surface area (Å²) in [6, 6.07) is 0. The highest BCUT2D eigenvalue weighted by Gasteiger charge is 2.17. The average Bonchev–Trinajstić information content (AvgIpc) is 3.10. The SMILES string of the molecule is CCCCCCCCCCOC(=O)CCC(=O)OCC1CCCO1. The van der Waals surface area contributed by atoms with Crippen molar-refractivity contribution in [3.05, 3.63) is 0 Å². The average molecular weight is 342 g/mol. The van der Waals surface area contributed by atoms with Gasteiger partial charge in [0.1, 0.15) is 6.61 Å². The lowest BCUT2D eigenvalue weighted by Crippen LogP contribution is -2.18. The van der Waals surface area contributed by atoms with Gasteiger partial charge in [-0.1, -0.05) is 51.9 Å². The van der Waals surface area contributed by atoms with Crippen LogP contribution in [0.1, 0.15) is 84.0 Å². The smallest absolute Gasteiger partial charge is 0.306 e. The van der Waals surface area contributed by atoms with Crippen molar-refractivity contribution in [1.82, 2.24) is 0 Å². The van der Waals surface area contributed by atoms with Crippen molar-refractivity contribution in [1.29, 1.82) is 0 Å². The fourth-order valence-corrected chi connectivity index (χ4v) is 2.73. The third kappa shape index (κ3) is 11.4.